The van der Waals surface area contributed by atoms with Crippen molar-refractivity contribution in [1.82, 2.24) is 10.2 Å². The third-order valence-corrected chi connectivity index (χ3v) is 5.08. The molecule has 0 amide bonds. The molecule has 4 unspecified atom stereocenters. The molecule has 2 heteroatoms. The summed E-state index contributed by atoms with van der Waals surface area (Å²) < 4.78 is 0. The first-order valence-corrected chi connectivity index (χ1v) is 7.30. The summed E-state index contributed by atoms with van der Waals surface area (Å²) in [6, 6.07) is 1.71. The third kappa shape index (κ3) is 2.14. The van der Waals surface area contributed by atoms with Gasteiger partial charge in [-0.15, -0.1) is 0 Å². The van der Waals surface area contributed by atoms with Gasteiger partial charge in [0.1, 0.15) is 0 Å². The Morgan fingerprint density at radius 1 is 1.12 bits per heavy atom. The smallest absolute Gasteiger partial charge is 0.0250 e. The lowest BCUT2D eigenvalue weighted by Gasteiger charge is -2.23. The molecule has 1 aliphatic carbocycles. The van der Waals surface area contributed by atoms with E-state index in [2.05, 4.69) is 17.1 Å². The Balaban J connectivity index is 1.45. The largest absolute Gasteiger partial charge is 0.312 e. The van der Waals surface area contributed by atoms with Crippen LogP contribution in [0.15, 0.2) is 0 Å². The maximum atomic E-state index is 3.87. The number of hydrogen-bond acceptors (Lipinski definition) is 2. The van der Waals surface area contributed by atoms with Gasteiger partial charge < -0.3 is 5.32 Å². The highest BCUT2D eigenvalue weighted by atomic mass is 15.2. The molecule has 0 spiro atoms. The quantitative estimate of drug-likeness (QED) is 0.788. The van der Waals surface area contributed by atoms with E-state index in [0.717, 1.165) is 23.9 Å². The van der Waals surface area contributed by atoms with E-state index in [9.17, 15) is 0 Å². The summed E-state index contributed by atoms with van der Waals surface area (Å²) in [5.41, 5.74) is 0. The van der Waals surface area contributed by atoms with Crippen LogP contribution in [0.25, 0.3) is 0 Å². The first-order valence-electron chi connectivity index (χ1n) is 7.30. The zero-order valence-electron chi connectivity index (χ0n) is 10.6. The lowest BCUT2D eigenvalue weighted by molar-refractivity contribution is 0.292. The van der Waals surface area contributed by atoms with Crippen molar-refractivity contribution in [2.75, 3.05) is 19.6 Å². The number of rotatable bonds is 3. The highest BCUT2D eigenvalue weighted by Gasteiger charge is 2.37. The predicted molar refractivity (Wildman–Crippen MR) is 67.5 cm³/mol. The second-order valence-corrected chi connectivity index (χ2v) is 6.33. The zero-order chi connectivity index (χ0) is 11.0. The van der Waals surface area contributed by atoms with Gasteiger partial charge >= 0.3 is 0 Å². The highest BCUT2D eigenvalue weighted by molar-refractivity contribution is 4.95. The van der Waals surface area contributed by atoms with E-state index in [-0.39, 0.29) is 0 Å². The molecule has 16 heavy (non-hydrogen) atoms. The summed E-state index contributed by atoms with van der Waals surface area (Å²) in [5.74, 6) is 1.96. The molecule has 1 saturated carbocycles. The molecule has 4 atom stereocenters. The normalized spacial score (nSPS) is 44.1. The van der Waals surface area contributed by atoms with Crippen LogP contribution in [0.3, 0.4) is 0 Å². The molecular weight excluding hydrogens is 196 g/mol. The summed E-state index contributed by atoms with van der Waals surface area (Å²) in [4.78, 5) is 2.70. The van der Waals surface area contributed by atoms with Gasteiger partial charge in [0.05, 0.1) is 0 Å². The second kappa shape index (κ2) is 4.66. The molecule has 2 nitrogen and oxygen atoms in total. The maximum Gasteiger partial charge on any atom is 0.0250 e. The Kier molecular flexibility index (Phi) is 3.21. The van der Waals surface area contributed by atoms with Crippen LogP contribution in [-0.4, -0.2) is 36.6 Å². The molecule has 3 rings (SSSR count). The van der Waals surface area contributed by atoms with Crippen LogP contribution in [-0.2, 0) is 0 Å². The average Bonchev–Trinajstić information content (AvgIpc) is 2.91. The fraction of sp³-hybridized carbons (Fsp3) is 1.00. The first kappa shape index (κ1) is 11.0. The van der Waals surface area contributed by atoms with Gasteiger partial charge in [-0.25, -0.2) is 0 Å². The predicted octanol–water partition coefficient (Wildman–Crippen LogP) is 2.25. The molecule has 0 aromatic carbocycles. The van der Waals surface area contributed by atoms with E-state index in [1.807, 2.05) is 0 Å². The standard InChI is InChI=1S/C14H26N2/c1-11-4-5-12(9-11)10-15-13-6-8-16-7-2-3-14(13)16/h11-15H,2-10H2,1H3. The van der Waals surface area contributed by atoms with E-state index in [1.165, 1.54) is 58.2 Å². The van der Waals surface area contributed by atoms with Gasteiger partial charge in [0.15, 0.2) is 0 Å². The number of hydrogen-bond donors (Lipinski definition) is 1. The van der Waals surface area contributed by atoms with Gasteiger partial charge in [0.25, 0.3) is 0 Å². The molecule has 0 bridgehead atoms. The van der Waals surface area contributed by atoms with Crippen molar-refractivity contribution in [1.29, 1.82) is 0 Å². The topological polar surface area (TPSA) is 15.3 Å². The minimum atomic E-state index is 0.818. The van der Waals surface area contributed by atoms with Crippen molar-refractivity contribution in [3.63, 3.8) is 0 Å². The van der Waals surface area contributed by atoms with Crippen LogP contribution in [0.4, 0.5) is 0 Å². The summed E-state index contributed by atoms with van der Waals surface area (Å²) >= 11 is 0. The minimum Gasteiger partial charge on any atom is -0.312 e. The number of nitrogens with one attached hydrogen (secondary N) is 1. The van der Waals surface area contributed by atoms with Crippen molar-refractivity contribution in [3.05, 3.63) is 0 Å². The minimum absolute atomic E-state index is 0.818. The molecule has 0 aromatic rings. The van der Waals surface area contributed by atoms with Crippen LogP contribution in [0.2, 0.25) is 0 Å². The lowest BCUT2D eigenvalue weighted by atomic mass is 10.0. The van der Waals surface area contributed by atoms with E-state index in [0.29, 0.717) is 0 Å². The van der Waals surface area contributed by atoms with Crippen molar-refractivity contribution < 1.29 is 0 Å². The van der Waals surface area contributed by atoms with Gasteiger partial charge in [0, 0.05) is 18.6 Å². The van der Waals surface area contributed by atoms with Gasteiger partial charge in [0.2, 0.25) is 0 Å². The van der Waals surface area contributed by atoms with Crippen LogP contribution < -0.4 is 5.32 Å². The summed E-state index contributed by atoms with van der Waals surface area (Å²) in [7, 11) is 0. The van der Waals surface area contributed by atoms with E-state index in [4.69, 9.17) is 0 Å². The summed E-state index contributed by atoms with van der Waals surface area (Å²) in [6.07, 6.45) is 8.67. The zero-order valence-corrected chi connectivity index (χ0v) is 10.6. The Morgan fingerprint density at radius 2 is 2.06 bits per heavy atom. The molecule has 2 heterocycles. The Hall–Kier alpha value is -0.0800. The van der Waals surface area contributed by atoms with Crippen LogP contribution >= 0.6 is 0 Å². The molecule has 2 saturated heterocycles. The summed E-state index contributed by atoms with van der Waals surface area (Å²) in [6.45, 7) is 6.42. The van der Waals surface area contributed by atoms with Gasteiger partial charge in [-0.3, -0.25) is 4.90 Å². The number of fused-ring (bicyclic) bond motifs is 1. The Morgan fingerprint density at radius 3 is 2.88 bits per heavy atom. The van der Waals surface area contributed by atoms with E-state index in [1.54, 1.807) is 0 Å². The van der Waals surface area contributed by atoms with Crippen LogP contribution in [0.1, 0.15) is 45.4 Å². The van der Waals surface area contributed by atoms with Gasteiger partial charge in [-0.1, -0.05) is 13.3 Å². The molecule has 0 aromatic heterocycles. The molecule has 0 radical (unpaired) electrons. The van der Waals surface area contributed by atoms with Crippen molar-refractivity contribution >= 4 is 0 Å². The third-order valence-electron chi connectivity index (χ3n) is 5.08. The van der Waals surface area contributed by atoms with E-state index >= 15 is 0 Å². The number of nitrogens with zero attached hydrogens (tertiary/aromatic N) is 1. The van der Waals surface area contributed by atoms with Crippen LogP contribution in [0, 0.1) is 11.8 Å². The fourth-order valence-electron chi connectivity index (χ4n) is 4.15. The molecule has 3 aliphatic rings. The Bertz CT molecular complexity index is 241. The Labute approximate surface area is 99.8 Å². The van der Waals surface area contributed by atoms with Crippen LogP contribution in [0.5, 0.6) is 0 Å². The SMILES string of the molecule is CC1CCC(CNC2CCN3CCCC23)C1. The first-order chi connectivity index (χ1) is 7.83. The highest BCUT2D eigenvalue weighted by Crippen LogP contribution is 2.31. The van der Waals surface area contributed by atoms with Crippen molar-refractivity contribution in [2.24, 2.45) is 11.8 Å². The fourth-order valence-corrected chi connectivity index (χ4v) is 4.15. The molecule has 92 valence electrons. The van der Waals surface area contributed by atoms with Gasteiger partial charge in [-0.2, -0.15) is 0 Å². The second-order valence-electron chi connectivity index (χ2n) is 6.33. The molecule has 1 N–H and O–H groups in total. The van der Waals surface area contributed by atoms with Crippen molar-refractivity contribution in [2.45, 2.75) is 57.5 Å². The molecule has 2 aliphatic heterocycles. The average molecular weight is 222 g/mol. The lowest BCUT2D eigenvalue weighted by Crippen LogP contribution is -2.41. The van der Waals surface area contributed by atoms with Crippen molar-refractivity contribution in [3.8, 4) is 0 Å². The van der Waals surface area contributed by atoms with E-state index < -0.39 is 0 Å². The summed E-state index contributed by atoms with van der Waals surface area (Å²) in [5, 5.41) is 3.87. The van der Waals surface area contributed by atoms with Gasteiger partial charge in [-0.05, 0) is 57.0 Å². The molecular formula is C14H26N2. The monoisotopic (exact) mass is 222 g/mol. The maximum absolute atomic E-state index is 3.87. The molecule has 3 fully saturated rings.